The Morgan fingerprint density at radius 1 is 0.606 bits per heavy atom. The first-order valence-corrected chi connectivity index (χ1v) is 13.7. The van der Waals surface area contributed by atoms with Crippen LogP contribution in [-0.2, 0) is 9.59 Å². The molecule has 4 rings (SSSR count). The van der Waals surface area contributed by atoms with Gasteiger partial charge in [-0.1, -0.05) is 25.7 Å². The highest BCUT2D eigenvalue weighted by Crippen LogP contribution is 2.30. The molecule has 4 fully saturated rings. The fourth-order valence-electron chi connectivity index (χ4n) is 6.78. The van der Waals surface area contributed by atoms with Crippen LogP contribution >= 0.6 is 0 Å². The quantitative estimate of drug-likeness (QED) is 0.425. The Bertz CT molecular complexity index is 623. The van der Waals surface area contributed by atoms with Gasteiger partial charge in [-0.2, -0.15) is 0 Å². The minimum Gasteiger partial charge on any atom is -0.632 e. The fraction of sp³-hybridized carbons (Fsp3) is 0.920. The van der Waals surface area contributed by atoms with Crippen molar-refractivity contribution < 1.29 is 18.9 Å². The Labute approximate surface area is 198 Å². The Morgan fingerprint density at radius 3 is 1.36 bits per heavy atom. The Morgan fingerprint density at radius 2 is 0.970 bits per heavy atom. The minimum atomic E-state index is -0.553. The summed E-state index contributed by atoms with van der Waals surface area (Å²) in [6.45, 7) is 1.49. The van der Waals surface area contributed by atoms with Crippen molar-refractivity contribution in [3.05, 3.63) is 10.4 Å². The van der Waals surface area contributed by atoms with Crippen LogP contribution in [0.5, 0.6) is 0 Å². The lowest BCUT2D eigenvalue weighted by molar-refractivity contribution is -0.919. The number of hydrogen-bond acceptors (Lipinski definition) is 4. The van der Waals surface area contributed by atoms with E-state index in [1.165, 1.54) is 0 Å². The van der Waals surface area contributed by atoms with Crippen molar-refractivity contribution in [3.63, 3.8) is 0 Å². The van der Waals surface area contributed by atoms with E-state index >= 15 is 0 Å². The van der Waals surface area contributed by atoms with Crippen molar-refractivity contribution in [1.82, 2.24) is 10.6 Å². The molecule has 0 aromatic rings. The van der Waals surface area contributed by atoms with E-state index in [1.54, 1.807) is 0 Å². The third-order valence-electron chi connectivity index (χ3n) is 8.75. The van der Waals surface area contributed by atoms with Crippen LogP contribution in [-0.4, -0.2) is 71.5 Å². The van der Waals surface area contributed by atoms with Gasteiger partial charge in [0.1, 0.15) is 0 Å². The first kappa shape index (κ1) is 24.9. The van der Waals surface area contributed by atoms with Crippen molar-refractivity contribution in [2.24, 2.45) is 0 Å². The molecule has 4 atom stereocenters. The normalized spacial score (nSPS) is 36.1. The molecule has 2 unspecified atom stereocenters. The van der Waals surface area contributed by atoms with Crippen molar-refractivity contribution in [2.45, 2.75) is 120 Å². The van der Waals surface area contributed by atoms with Crippen molar-refractivity contribution in [1.29, 1.82) is 0 Å². The molecule has 8 heteroatoms. The standard InChI is InChI=1S/C25H44N4O4/c30-24(26-20-10-1-2-11-20)22-14-5-7-16-28(22,32)18-9-19-29(33)17-8-6-15-23(29)25(31)27-21-12-3-4-13-21/h20-23H,1-19H2,(H,26,30)(H,27,31)/t22-,23-,28?,29?/m0/s1. The third kappa shape index (κ3) is 6.08. The molecule has 33 heavy (non-hydrogen) atoms. The van der Waals surface area contributed by atoms with Gasteiger partial charge < -0.3 is 30.3 Å². The van der Waals surface area contributed by atoms with Gasteiger partial charge in [0.05, 0.1) is 26.2 Å². The van der Waals surface area contributed by atoms with Gasteiger partial charge in [-0.3, -0.25) is 9.59 Å². The number of nitrogens with one attached hydrogen (secondary N) is 2. The van der Waals surface area contributed by atoms with Gasteiger partial charge in [-0.25, -0.2) is 0 Å². The summed E-state index contributed by atoms with van der Waals surface area (Å²) >= 11 is 0. The minimum absolute atomic E-state index is 0.0885. The smallest absolute Gasteiger partial charge is 0.278 e. The van der Waals surface area contributed by atoms with E-state index in [0.29, 0.717) is 45.4 Å². The van der Waals surface area contributed by atoms with Gasteiger partial charge in [-0.15, -0.1) is 0 Å². The molecule has 8 nitrogen and oxygen atoms in total. The topological polar surface area (TPSA) is 104 Å². The maximum absolute atomic E-state index is 13.7. The molecule has 2 saturated carbocycles. The van der Waals surface area contributed by atoms with Crippen molar-refractivity contribution in [2.75, 3.05) is 26.2 Å². The molecular formula is C25H44N4O4. The summed E-state index contributed by atoms with van der Waals surface area (Å²) in [5.41, 5.74) is 0. The van der Waals surface area contributed by atoms with Crippen molar-refractivity contribution >= 4 is 11.8 Å². The van der Waals surface area contributed by atoms with E-state index in [-0.39, 0.29) is 23.9 Å². The Hall–Kier alpha value is -1.22. The number of nitrogens with zero attached hydrogens (tertiary/aromatic N) is 2. The van der Waals surface area contributed by atoms with E-state index in [0.717, 1.165) is 77.0 Å². The van der Waals surface area contributed by atoms with E-state index in [2.05, 4.69) is 10.6 Å². The van der Waals surface area contributed by atoms with Gasteiger partial charge in [0.25, 0.3) is 11.8 Å². The number of piperidine rings is 2. The lowest BCUT2D eigenvalue weighted by Gasteiger charge is -2.53. The number of likely N-dealkylation sites (tertiary alicyclic amines) is 2. The predicted octanol–water partition coefficient (Wildman–Crippen LogP) is 3.23. The highest BCUT2D eigenvalue weighted by Gasteiger charge is 2.41. The molecule has 2 amide bonds. The van der Waals surface area contributed by atoms with Crippen LogP contribution in [0, 0.1) is 10.4 Å². The molecule has 2 aliphatic heterocycles. The van der Waals surface area contributed by atoms with Gasteiger partial charge in [0, 0.05) is 31.3 Å². The molecule has 0 aromatic heterocycles. The molecule has 0 aromatic carbocycles. The first-order valence-electron chi connectivity index (χ1n) is 13.7. The van der Waals surface area contributed by atoms with E-state index in [1.807, 2.05) is 0 Å². The SMILES string of the molecule is O=C(NC1CCCC1)[C@@H]1CCCC[N+]1([O-])CCC[N+]1([O-])CCCC[C@H]1C(=O)NC1CCCC1. The molecule has 188 valence electrons. The zero-order chi connectivity index (χ0) is 23.3. The van der Waals surface area contributed by atoms with Gasteiger partial charge >= 0.3 is 0 Å². The summed E-state index contributed by atoms with van der Waals surface area (Å²) < 4.78 is -1.00. The molecule has 2 aliphatic carbocycles. The largest absolute Gasteiger partial charge is 0.632 e. The van der Waals surface area contributed by atoms with E-state index < -0.39 is 21.4 Å². The van der Waals surface area contributed by atoms with E-state index in [4.69, 9.17) is 0 Å². The van der Waals surface area contributed by atoms with Gasteiger partial charge in [0.15, 0.2) is 12.1 Å². The van der Waals surface area contributed by atoms with Gasteiger partial charge in [-0.05, 0) is 51.4 Å². The second kappa shape index (κ2) is 11.0. The summed E-state index contributed by atoms with van der Waals surface area (Å²) in [7, 11) is 0. The fourth-order valence-corrected chi connectivity index (χ4v) is 6.78. The molecule has 4 aliphatic rings. The number of hydrogen-bond donors (Lipinski definition) is 2. The zero-order valence-electron chi connectivity index (χ0n) is 20.3. The summed E-state index contributed by atoms with van der Waals surface area (Å²) in [6.07, 6.45) is 13.8. The second-order valence-electron chi connectivity index (χ2n) is 11.2. The third-order valence-corrected chi connectivity index (χ3v) is 8.75. The predicted molar refractivity (Wildman–Crippen MR) is 127 cm³/mol. The molecular weight excluding hydrogens is 420 g/mol. The van der Waals surface area contributed by atoms with Crippen molar-refractivity contribution in [3.8, 4) is 0 Å². The number of quaternary nitrogens is 2. The van der Waals surface area contributed by atoms with Crippen LogP contribution in [0.2, 0.25) is 0 Å². The maximum atomic E-state index is 13.7. The van der Waals surface area contributed by atoms with Crippen LogP contribution in [0.4, 0.5) is 0 Å². The molecule has 0 spiro atoms. The summed E-state index contributed by atoms with van der Waals surface area (Å²) in [6, 6.07) is -0.670. The van der Waals surface area contributed by atoms with Crippen LogP contribution in [0.25, 0.3) is 0 Å². The van der Waals surface area contributed by atoms with Crippen LogP contribution in [0.1, 0.15) is 96.3 Å². The highest BCUT2D eigenvalue weighted by atomic mass is 16.6. The van der Waals surface area contributed by atoms with Gasteiger partial charge in [0.2, 0.25) is 0 Å². The Kier molecular flexibility index (Phi) is 8.31. The number of carbonyl (C=O) groups excluding carboxylic acids is 2. The zero-order valence-corrected chi connectivity index (χ0v) is 20.3. The molecule has 2 N–H and O–H groups in total. The van der Waals surface area contributed by atoms with Crippen LogP contribution in [0.3, 0.4) is 0 Å². The average molecular weight is 465 g/mol. The maximum Gasteiger partial charge on any atom is 0.278 e. The lowest BCUT2D eigenvalue weighted by atomic mass is 9.98. The van der Waals surface area contributed by atoms with E-state index in [9.17, 15) is 20.0 Å². The molecule has 0 bridgehead atoms. The summed E-state index contributed by atoms with van der Waals surface area (Å²) in [5, 5.41) is 33.8. The number of hydroxylamine groups is 6. The monoisotopic (exact) mass is 464 g/mol. The molecule has 2 heterocycles. The van der Waals surface area contributed by atoms with Crippen LogP contribution < -0.4 is 10.6 Å². The first-order chi connectivity index (χ1) is 15.9. The number of rotatable bonds is 8. The molecule has 2 saturated heterocycles. The average Bonchev–Trinajstić information content (AvgIpc) is 3.48. The van der Waals surface area contributed by atoms with Crippen LogP contribution in [0.15, 0.2) is 0 Å². The molecule has 0 radical (unpaired) electrons. The number of carbonyl (C=O) groups is 2. The summed E-state index contributed by atoms with van der Waals surface area (Å²) in [4.78, 5) is 25.9. The second-order valence-corrected chi connectivity index (χ2v) is 11.2. The lowest BCUT2D eigenvalue weighted by Crippen LogP contribution is -2.63. The highest BCUT2D eigenvalue weighted by molar-refractivity contribution is 5.81. The Balaban J connectivity index is 1.33. The number of amides is 2. The summed E-state index contributed by atoms with van der Waals surface area (Å²) in [5.74, 6) is -0.177.